The molecular weight excluding hydrogens is 444 g/mol. The Labute approximate surface area is 176 Å². The van der Waals surface area contributed by atoms with Crippen LogP contribution in [0.15, 0.2) is 35.2 Å². The summed E-state index contributed by atoms with van der Waals surface area (Å²) in [6, 6.07) is 0. The standard InChI is InChI=1S/C15H25P.4ClH.Zr/c1-5-9-14(13-11-7-8-12-13)15(10-6-2)16(3)4;;;;;/h7-8,11-13H,5-6,9-10H2,1-4H3;4*1H;/q;;;;;+4/p-4. The van der Waals surface area contributed by atoms with Crippen molar-refractivity contribution in [1.29, 1.82) is 0 Å². The monoisotopic (exact) mass is 466 g/mol. The summed E-state index contributed by atoms with van der Waals surface area (Å²) in [6.07, 6.45) is 14.2. The largest absolute Gasteiger partial charge is 4.00 e. The van der Waals surface area contributed by atoms with E-state index in [1.807, 2.05) is 0 Å². The molecule has 0 aromatic heterocycles. The molecule has 0 spiro atoms. The van der Waals surface area contributed by atoms with Crippen molar-refractivity contribution in [2.75, 3.05) is 13.3 Å². The maximum atomic E-state index is 2.40. The van der Waals surface area contributed by atoms with E-state index in [0.29, 0.717) is 5.92 Å². The predicted molar refractivity (Wildman–Crippen MR) is 77.4 cm³/mol. The van der Waals surface area contributed by atoms with Gasteiger partial charge in [0, 0.05) is 5.92 Å². The molecule has 0 aromatic carbocycles. The van der Waals surface area contributed by atoms with Gasteiger partial charge >= 0.3 is 26.2 Å². The zero-order valence-corrected chi connectivity index (χ0v) is 19.6. The van der Waals surface area contributed by atoms with Gasteiger partial charge in [-0.3, -0.25) is 0 Å². The Morgan fingerprint density at radius 1 is 0.857 bits per heavy atom. The minimum atomic E-state index is 0. The molecule has 0 fully saturated rings. The predicted octanol–water partition coefficient (Wildman–Crippen LogP) is -6.66. The van der Waals surface area contributed by atoms with Gasteiger partial charge in [-0.1, -0.05) is 64.5 Å². The number of hydrogen-bond acceptors (Lipinski definition) is 0. The van der Waals surface area contributed by atoms with Gasteiger partial charge in [0.05, 0.1) is 0 Å². The second-order valence-corrected chi connectivity index (χ2v) is 6.99. The van der Waals surface area contributed by atoms with Crippen LogP contribution in [-0.2, 0) is 26.2 Å². The van der Waals surface area contributed by atoms with Crippen LogP contribution in [0.4, 0.5) is 0 Å². The molecule has 0 bridgehead atoms. The second-order valence-electron chi connectivity index (χ2n) is 4.66. The molecule has 1 rings (SSSR count). The van der Waals surface area contributed by atoms with Gasteiger partial charge < -0.3 is 49.6 Å². The van der Waals surface area contributed by atoms with E-state index in [-0.39, 0.29) is 83.8 Å². The molecule has 0 radical (unpaired) electrons. The molecule has 0 aliphatic heterocycles. The third kappa shape index (κ3) is 11.8. The van der Waals surface area contributed by atoms with Crippen molar-refractivity contribution >= 4 is 7.92 Å². The topological polar surface area (TPSA) is 0 Å². The Morgan fingerprint density at radius 2 is 1.29 bits per heavy atom. The van der Waals surface area contributed by atoms with Crippen molar-refractivity contribution in [3.63, 3.8) is 0 Å². The molecule has 0 N–H and O–H groups in total. The van der Waals surface area contributed by atoms with Crippen LogP contribution in [-0.4, -0.2) is 13.3 Å². The molecule has 21 heavy (non-hydrogen) atoms. The third-order valence-corrected chi connectivity index (χ3v) is 4.66. The van der Waals surface area contributed by atoms with Gasteiger partial charge in [0.2, 0.25) is 0 Å². The summed E-state index contributed by atoms with van der Waals surface area (Å²) in [5.41, 5.74) is 1.71. The van der Waals surface area contributed by atoms with Gasteiger partial charge in [0.15, 0.2) is 0 Å². The first-order valence-electron chi connectivity index (χ1n) is 6.44. The van der Waals surface area contributed by atoms with Crippen LogP contribution in [0.1, 0.15) is 39.5 Å². The van der Waals surface area contributed by atoms with Crippen molar-refractivity contribution in [3.05, 3.63) is 35.2 Å². The Bertz CT molecular complexity index is 303. The first kappa shape index (κ1) is 34.1. The Balaban J connectivity index is -0.000000171. The zero-order chi connectivity index (χ0) is 12.0. The summed E-state index contributed by atoms with van der Waals surface area (Å²) in [4.78, 5) is 0. The Morgan fingerprint density at radius 3 is 1.62 bits per heavy atom. The maximum Gasteiger partial charge on any atom is 4.00 e. The van der Waals surface area contributed by atoms with E-state index in [9.17, 15) is 0 Å². The zero-order valence-electron chi connectivity index (χ0n) is 13.2. The van der Waals surface area contributed by atoms with Gasteiger partial charge in [-0.2, -0.15) is 0 Å². The van der Waals surface area contributed by atoms with Crippen molar-refractivity contribution in [2.24, 2.45) is 5.92 Å². The molecule has 122 valence electrons. The van der Waals surface area contributed by atoms with E-state index < -0.39 is 0 Å². The van der Waals surface area contributed by atoms with Crippen molar-refractivity contribution in [1.82, 2.24) is 0 Å². The van der Waals surface area contributed by atoms with Crippen molar-refractivity contribution in [3.8, 4) is 0 Å². The van der Waals surface area contributed by atoms with Crippen LogP contribution in [0.25, 0.3) is 0 Å². The molecule has 0 aromatic rings. The molecule has 6 heteroatoms. The summed E-state index contributed by atoms with van der Waals surface area (Å²) in [7, 11) is 0.0750. The number of halogens is 4. The van der Waals surface area contributed by atoms with Gasteiger partial charge in [-0.15, -0.1) is 0 Å². The van der Waals surface area contributed by atoms with Crippen LogP contribution >= 0.6 is 7.92 Å². The van der Waals surface area contributed by atoms with Crippen LogP contribution in [0.2, 0.25) is 0 Å². The van der Waals surface area contributed by atoms with Gasteiger partial charge in [-0.05, 0) is 31.5 Å². The molecule has 0 saturated carbocycles. The van der Waals surface area contributed by atoms with E-state index in [0.717, 1.165) is 0 Å². The van der Waals surface area contributed by atoms with Gasteiger partial charge in [0.1, 0.15) is 0 Å². The number of allylic oxidation sites excluding steroid dienone is 6. The van der Waals surface area contributed by atoms with Gasteiger partial charge in [-0.25, -0.2) is 0 Å². The average Bonchev–Trinajstić information content (AvgIpc) is 2.76. The average molecular weight is 469 g/mol. The smallest absolute Gasteiger partial charge is 1.00 e. The van der Waals surface area contributed by atoms with Crippen LogP contribution < -0.4 is 49.6 Å². The van der Waals surface area contributed by atoms with E-state index in [1.165, 1.54) is 25.7 Å². The van der Waals surface area contributed by atoms with E-state index in [2.05, 4.69) is 51.5 Å². The third-order valence-electron chi connectivity index (χ3n) is 3.07. The molecule has 1 aliphatic carbocycles. The second kappa shape index (κ2) is 19.7. The molecule has 0 amide bonds. The minimum Gasteiger partial charge on any atom is -1.00 e. The van der Waals surface area contributed by atoms with Crippen molar-refractivity contribution in [2.45, 2.75) is 39.5 Å². The normalized spacial score (nSPS) is 13.2. The molecule has 0 saturated heterocycles. The molecular formula is C15H25Cl4PZr. The van der Waals surface area contributed by atoms with E-state index in [1.54, 1.807) is 10.9 Å². The first-order valence-corrected chi connectivity index (χ1v) is 8.68. The fourth-order valence-corrected chi connectivity index (χ4v) is 3.85. The van der Waals surface area contributed by atoms with E-state index in [4.69, 9.17) is 0 Å². The molecule has 1 aliphatic rings. The quantitative estimate of drug-likeness (QED) is 0.340. The summed E-state index contributed by atoms with van der Waals surface area (Å²) in [5.74, 6) is 0.603. The fraction of sp³-hybridized carbons (Fsp3) is 0.600. The maximum absolute atomic E-state index is 2.40. The summed E-state index contributed by atoms with van der Waals surface area (Å²) < 4.78 is 0. The number of rotatable bonds is 6. The van der Waals surface area contributed by atoms with Crippen LogP contribution in [0.3, 0.4) is 0 Å². The SMILES string of the molecule is CCCC(=C(CCC)P(C)C)C1C=CC=C1.[Cl-].[Cl-].[Cl-].[Cl-].[Zr+4]. The van der Waals surface area contributed by atoms with Crippen LogP contribution in [0, 0.1) is 5.92 Å². The summed E-state index contributed by atoms with van der Waals surface area (Å²) >= 11 is 0. The fourth-order valence-electron chi connectivity index (χ4n) is 2.35. The molecule has 0 atom stereocenters. The Hall–Kier alpha value is 1.69. The van der Waals surface area contributed by atoms with E-state index >= 15 is 0 Å². The Kier molecular flexibility index (Phi) is 32.1. The van der Waals surface area contributed by atoms with Crippen LogP contribution in [0.5, 0.6) is 0 Å². The first-order chi connectivity index (χ1) is 7.70. The summed E-state index contributed by atoms with van der Waals surface area (Å²) in [6.45, 7) is 9.39. The van der Waals surface area contributed by atoms with Crippen molar-refractivity contribution < 1.29 is 75.8 Å². The summed E-state index contributed by atoms with van der Waals surface area (Å²) in [5, 5.41) is 1.76. The molecule has 0 heterocycles. The minimum absolute atomic E-state index is 0. The number of hydrogen-bond donors (Lipinski definition) is 0. The molecule has 0 nitrogen and oxygen atoms in total. The molecule has 0 unspecified atom stereocenters. The van der Waals surface area contributed by atoms with Gasteiger partial charge in [0.25, 0.3) is 0 Å².